The molecule has 7 heteroatoms. The van der Waals surface area contributed by atoms with Crippen LogP contribution in [0.2, 0.25) is 0 Å². The van der Waals surface area contributed by atoms with Crippen molar-refractivity contribution in [1.29, 1.82) is 0 Å². The first-order chi connectivity index (χ1) is 15.4. The van der Waals surface area contributed by atoms with Gasteiger partial charge in [0.1, 0.15) is 24.3 Å². The van der Waals surface area contributed by atoms with Gasteiger partial charge < -0.3 is 19.1 Å². The van der Waals surface area contributed by atoms with Crippen molar-refractivity contribution < 1.29 is 18.6 Å². The van der Waals surface area contributed by atoms with Gasteiger partial charge in [0.15, 0.2) is 0 Å². The molecule has 3 aliphatic rings. The molecule has 2 saturated heterocycles. The van der Waals surface area contributed by atoms with Gasteiger partial charge in [0.05, 0.1) is 11.3 Å². The Kier molecular flexibility index (Phi) is 5.45. The average Bonchev–Trinajstić information content (AvgIpc) is 3.12. The predicted molar refractivity (Wildman–Crippen MR) is 122 cm³/mol. The first kappa shape index (κ1) is 21.4. The Hall–Kier alpha value is -2.45. The van der Waals surface area contributed by atoms with Gasteiger partial charge in [-0.3, -0.25) is 0 Å². The number of hydrogen-bond donors (Lipinski definition) is 2. The number of benzene rings is 2. The van der Waals surface area contributed by atoms with E-state index in [1.807, 2.05) is 6.07 Å². The van der Waals surface area contributed by atoms with Gasteiger partial charge in [0.2, 0.25) is 0 Å². The molecule has 1 atom stereocenters. The van der Waals surface area contributed by atoms with Crippen molar-refractivity contribution in [3.05, 3.63) is 65.0 Å². The number of fused-ring (bicyclic) bond motifs is 3. The van der Waals surface area contributed by atoms with Gasteiger partial charge in [-0.25, -0.2) is 15.2 Å². The number of nitrogens with zero attached hydrogens (tertiary/aromatic N) is 1. The standard InChI is InChI=1S/C25H30FN3O3/c1-24(2)28-27-23-7-5-18-12-17(4-6-22(18)29(23)24)16-32-21-14-19(13-20(26)15-21)25(30-3)8-10-31-11-9-25/h4-7,12-15,23,27-28H,8-11,16H2,1-3H3. The van der Waals surface area contributed by atoms with E-state index in [9.17, 15) is 4.39 Å². The van der Waals surface area contributed by atoms with Crippen LogP contribution in [0.5, 0.6) is 5.75 Å². The molecule has 0 aromatic heterocycles. The van der Waals surface area contributed by atoms with Gasteiger partial charge in [-0.05, 0) is 60.9 Å². The summed E-state index contributed by atoms with van der Waals surface area (Å²) in [5, 5.41) is 0. The van der Waals surface area contributed by atoms with Crippen molar-refractivity contribution in [3.63, 3.8) is 0 Å². The van der Waals surface area contributed by atoms with Crippen molar-refractivity contribution >= 4 is 11.8 Å². The molecule has 2 fully saturated rings. The van der Waals surface area contributed by atoms with E-state index in [1.165, 1.54) is 11.8 Å². The fourth-order valence-electron chi connectivity index (χ4n) is 4.94. The Balaban J connectivity index is 1.35. The highest BCUT2D eigenvalue weighted by atomic mass is 19.1. The number of rotatable bonds is 5. The Morgan fingerprint density at radius 2 is 1.97 bits per heavy atom. The fraction of sp³-hybridized carbons (Fsp3) is 0.440. The summed E-state index contributed by atoms with van der Waals surface area (Å²) in [4.78, 5) is 2.32. The lowest BCUT2D eigenvalue weighted by Gasteiger charge is -2.37. The minimum atomic E-state index is -0.532. The highest BCUT2D eigenvalue weighted by Crippen LogP contribution is 2.38. The molecule has 3 aliphatic heterocycles. The summed E-state index contributed by atoms with van der Waals surface area (Å²) in [5.74, 6) is 0.182. The van der Waals surface area contributed by atoms with Crippen LogP contribution in [-0.2, 0) is 21.7 Å². The van der Waals surface area contributed by atoms with E-state index in [0.717, 1.165) is 16.7 Å². The molecule has 6 nitrogen and oxygen atoms in total. The third kappa shape index (κ3) is 3.79. The third-order valence-electron chi connectivity index (χ3n) is 6.71. The number of nitrogens with one attached hydrogen (secondary N) is 2. The second kappa shape index (κ2) is 8.15. The molecule has 0 spiro atoms. The van der Waals surface area contributed by atoms with Crippen molar-refractivity contribution in [2.24, 2.45) is 0 Å². The van der Waals surface area contributed by atoms with Crippen LogP contribution in [-0.4, -0.2) is 32.2 Å². The van der Waals surface area contributed by atoms with E-state index in [2.05, 4.69) is 60.0 Å². The van der Waals surface area contributed by atoms with Crippen molar-refractivity contribution in [3.8, 4) is 5.75 Å². The highest BCUT2D eigenvalue weighted by molar-refractivity contribution is 5.74. The number of anilines is 1. The number of halogens is 1. The average molecular weight is 440 g/mol. The van der Waals surface area contributed by atoms with Crippen molar-refractivity contribution in [1.82, 2.24) is 10.9 Å². The van der Waals surface area contributed by atoms with Crippen LogP contribution in [0, 0.1) is 5.82 Å². The lowest BCUT2D eigenvalue weighted by atomic mass is 9.86. The Labute approximate surface area is 188 Å². The molecular weight excluding hydrogens is 409 g/mol. The molecule has 2 aromatic carbocycles. The summed E-state index contributed by atoms with van der Waals surface area (Å²) in [6.07, 6.45) is 5.79. The third-order valence-corrected chi connectivity index (χ3v) is 6.71. The Morgan fingerprint density at radius 3 is 2.75 bits per heavy atom. The van der Waals surface area contributed by atoms with E-state index in [0.29, 0.717) is 38.4 Å². The topological polar surface area (TPSA) is 55.0 Å². The summed E-state index contributed by atoms with van der Waals surface area (Å²) in [6, 6.07) is 11.2. The van der Waals surface area contributed by atoms with Crippen LogP contribution in [0.15, 0.2) is 42.5 Å². The maximum absolute atomic E-state index is 14.4. The van der Waals surface area contributed by atoms with Crippen LogP contribution in [0.4, 0.5) is 10.1 Å². The summed E-state index contributed by atoms with van der Waals surface area (Å²) in [6.45, 7) is 5.85. The minimum absolute atomic E-state index is 0.128. The van der Waals surface area contributed by atoms with Crippen LogP contribution < -0.4 is 20.5 Å². The lowest BCUT2D eigenvalue weighted by Crippen LogP contribution is -2.48. The van der Waals surface area contributed by atoms with Crippen LogP contribution in [0.3, 0.4) is 0 Å². The number of methoxy groups -OCH3 is 1. The van der Waals surface area contributed by atoms with Gasteiger partial charge in [0, 0.05) is 44.9 Å². The zero-order valence-corrected chi connectivity index (χ0v) is 18.8. The first-order valence-electron chi connectivity index (χ1n) is 11.1. The van der Waals surface area contributed by atoms with Crippen LogP contribution in [0.25, 0.3) is 6.08 Å². The molecule has 0 radical (unpaired) electrons. The van der Waals surface area contributed by atoms with E-state index < -0.39 is 5.60 Å². The molecule has 3 heterocycles. The quantitative estimate of drug-likeness (QED) is 0.733. The van der Waals surface area contributed by atoms with E-state index in [4.69, 9.17) is 14.2 Å². The molecule has 32 heavy (non-hydrogen) atoms. The van der Waals surface area contributed by atoms with Gasteiger partial charge in [-0.15, -0.1) is 0 Å². The summed E-state index contributed by atoms with van der Waals surface area (Å²) < 4.78 is 31.8. The van der Waals surface area contributed by atoms with Gasteiger partial charge in [0.25, 0.3) is 0 Å². The van der Waals surface area contributed by atoms with Crippen LogP contribution >= 0.6 is 0 Å². The molecule has 0 aliphatic carbocycles. The van der Waals surface area contributed by atoms with Crippen LogP contribution in [0.1, 0.15) is 43.4 Å². The molecule has 0 saturated carbocycles. The smallest absolute Gasteiger partial charge is 0.127 e. The number of hydrogen-bond acceptors (Lipinski definition) is 6. The molecule has 170 valence electrons. The second-order valence-corrected chi connectivity index (χ2v) is 9.17. The number of hydrazine groups is 1. The maximum Gasteiger partial charge on any atom is 0.127 e. The van der Waals surface area contributed by atoms with E-state index >= 15 is 0 Å². The van der Waals surface area contributed by atoms with Gasteiger partial charge in [-0.2, -0.15) is 0 Å². The molecular formula is C25H30FN3O3. The fourth-order valence-corrected chi connectivity index (χ4v) is 4.94. The summed E-state index contributed by atoms with van der Waals surface area (Å²) >= 11 is 0. The lowest BCUT2D eigenvalue weighted by molar-refractivity contribution is -0.0950. The monoisotopic (exact) mass is 439 g/mol. The molecule has 2 aromatic rings. The van der Waals surface area contributed by atoms with E-state index in [1.54, 1.807) is 13.2 Å². The molecule has 5 rings (SSSR count). The zero-order valence-electron chi connectivity index (χ0n) is 18.8. The maximum atomic E-state index is 14.4. The molecule has 2 N–H and O–H groups in total. The zero-order chi connectivity index (χ0) is 22.3. The molecule has 1 unspecified atom stereocenters. The minimum Gasteiger partial charge on any atom is -0.489 e. The summed E-state index contributed by atoms with van der Waals surface area (Å²) in [5.41, 5.74) is 10.1. The summed E-state index contributed by atoms with van der Waals surface area (Å²) in [7, 11) is 1.68. The first-order valence-corrected chi connectivity index (χ1v) is 11.1. The predicted octanol–water partition coefficient (Wildman–Crippen LogP) is 4.06. The molecule has 0 amide bonds. The van der Waals surface area contributed by atoms with Crippen molar-refractivity contribution in [2.75, 3.05) is 25.2 Å². The Morgan fingerprint density at radius 1 is 1.16 bits per heavy atom. The van der Waals surface area contributed by atoms with E-state index in [-0.39, 0.29) is 17.6 Å². The largest absolute Gasteiger partial charge is 0.489 e. The molecule has 0 bridgehead atoms. The SMILES string of the molecule is COC1(c2cc(F)cc(OCc3ccc4c(c3)C=CC3NNC(C)(C)N43)c2)CCOCC1. The second-order valence-electron chi connectivity index (χ2n) is 9.17. The normalized spacial score (nSPS) is 23.0. The number of ether oxygens (including phenoxy) is 3. The van der Waals surface area contributed by atoms with Gasteiger partial charge >= 0.3 is 0 Å². The Bertz CT molecular complexity index is 1030. The van der Waals surface area contributed by atoms with Gasteiger partial charge in [-0.1, -0.05) is 12.1 Å². The highest BCUT2D eigenvalue weighted by Gasteiger charge is 2.40. The van der Waals surface area contributed by atoms with Crippen molar-refractivity contribution in [2.45, 2.75) is 50.7 Å².